The summed E-state index contributed by atoms with van der Waals surface area (Å²) in [6.07, 6.45) is 1.33. The molecule has 3 heterocycles. The number of hydrogen-bond donors (Lipinski definition) is 2. The molecule has 2 bridgehead atoms. The van der Waals surface area contributed by atoms with Gasteiger partial charge in [-0.2, -0.15) is 0 Å². The van der Waals surface area contributed by atoms with Crippen molar-refractivity contribution >= 4 is 16.8 Å². The number of carbonyl (C=O) groups excluding carboxylic acids is 1. The molecule has 5 heteroatoms. The fraction of sp³-hybridized carbons (Fsp3) is 0.304. The second kappa shape index (κ2) is 6.12. The van der Waals surface area contributed by atoms with E-state index in [4.69, 9.17) is 9.72 Å². The summed E-state index contributed by atoms with van der Waals surface area (Å²) in [5, 5.41) is 13.6. The predicted octanol–water partition coefficient (Wildman–Crippen LogP) is 3.23. The van der Waals surface area contributed by atoms with Crippen LogP contribution in [0.5, 0.6) is 0 Å². The summed E-state index contributed by atoms with van der Waals surface area (Å²) < 4.78 is 5.74. The van der Waals surface area contributed by atoms with Gasteiger partial charge in [-0.05, 0) is 18.6 Å². The maximum Gasteiger partial charge on any atom is 0.252 e. The maximum atomic E-state index is 13.4. The first-order valence-electron chi connectivity index (χ1n) is 9.57. The molecule has 2 N–H and O–H groups in total. The van der Waals surface area contributed by atoms with Crippen molar-refractivity contribution in [1.29, 1.82) is 0 Å². The highest BCUT2D eigenvalue weighted by atomic mass is 16.5. The lowest BCUT2D eigenvalue weighted by Crippen LogP contribution is -2.60. The zero-order valence-electron chi connectivity index (χ0n) is 15.7. The number of hydrogen-bond acceptors (Lipinski definition) is 4. The molecule has 0 spiro atoms. The number of aromatic nitrogens is 1. The fourth-order valence-corrected chi connectivity index (χ4v) is 4.74. The Morgan fingerprint density at radius 1 is 1.14 bits per heavy atom. The van der Waals surface area contributed by atoms with Gasteiger partial charge in [-0.25, -0.2) is 4.98 Å². The van der Waals surface area contributed by atoms with Gasteiger partial charge in [-0.1, -0.05) is 48.5 Å². The smallest absolute Gasteiger partial charge is 0.252 e. The Morgan fingerprint density at radius 3 is 2.57 bits per heavy atom. The van der Waals surface area contributed by atoms with Gasteiger partial charge >= 0.3 is 0 Å². The van der Waals surface area contributed by atoms with E-state index in [0.717, 1.165) is 27.7 Å². The summed E-state index contributed by atoms with van der Waals surface area (Å²) in [6, 6.07) is 17.7. The van der Waals surface area contributed by atoms with Gasteiger partial charge in [0.1, 0.15) is 0 Å². The molecule has 2 saturated heterocycles. The quantitative estimate of drug-likeness (QED) is 0.735. The molecule has 3 aliphatic rings. The van der Waals surface area contributed by atoms with Crippen molar-refractivity contribution in [3.63, 3.8) is 0 Å². The van der Waals surface area contributed by atoms with Crippen LogP contribution in [0.4, 0.5) is 0 Å². The summed E-state index contributed by atoms with van der Waals surface area (Å²) in [5.74, 6) is -0.106. The predicted molar refractivity (Wildman–Crippen MR) is 107 cm³/mol. The molecule has 28 heavy (non-hydrogen) atoms. The molecule has 0 unspecified atom stereocenters. The zero-order chi connectivity index (χ0) is 19.4. The molecule has 1 amide bonds. The molecule has 3 aromatic rings. The number of benzene rings is 2. The van der Waals surface area contributed by atoms with E-state index >= 15 is 0 Å². The van der Waals surface area contributed by atoms with Crippen molar-refractivity contribution in [3.05, 3.63) is 65.7 Å². The molecule has 0 radical (unpaired) electrons. The molecule has 2 aromatic carbocycles. The van der Waals surface area contributed by atoms with Gasteiger partial charge in [-0.3, -0.25) is 4.79 Å². The second-order valence-electron chi connectivity index (χ2n) is 8.06. The number of para-hydroxylation sites is 1. The Balaban J connectivity index is 1.59. The van der Waals surface area contributed by atoms with Crippen molar-refractivity contribution in [2.75, 3.05) is 13.2 Å². The fourth-order valence-electron chi connectivity index (χ4n) is 4.74. The van der Waals surface area contributed by atoms with Crippen LogP contribution in [0, 0.1) is 6.92 Å². The van der Waals surface area contributed by atoms with Gasteiger partial charge in [0.15, 0.2) is 0 Å². The lowest BCUT2D eigenvalue weighted by molar-refractivity contribution is -0.0494. The summed E-state index contributed by atoms with van der Waals surface area (Å²) in [6.45, 7) is 2.41. The molecule has 142 valence electrons. The lowest BCUT2D eigenvalue weighted by Gasteiger charge is -2.43. The highest BCUT2D eigenvalue weighted by Gasteiger charge is 2.63. The number of aliphatic hydroxyl groups excluding tert-OH is 1. The zero-order valence-corrected chi connectivity index (χ0v) is 15.7. The molecular formula is C23H22N2O3. The molecule has 1 saturated carbocycles. The van der Waals surface area contributed by atoms with Crippen LogP contribution in [-0.4, -0.2) is 40.4 Å². The number of nitrogens with one attached hydrogen (secondary N) is 1. The van der Waals surface area contributed by atoms with Gasteiger partial charge in [-0.15, -0.1) is 0 Å². The van der Waals surface area contributed by atoms with E-state index in [0.29, 0.717) is 25.0 Å². The van der Waals surface area contributed by atoms with Crippen LogP contribution in [0.15, 0.2) is 54.6 Å². The van der Waals surface area contributed by atoms with Gasteiger partial charge in [0.05, 0.1) is 41.1 Å². The van der Waals surface area contributed by atoms with Crippen LogP contribution < -0.4 is 5.32 Å². The number of carbonyl (C=O) groups is 1. The number of fused-ring (bicyclic) bond motifs is 2. The minimum Gasteiger partial charge on any atom is -0.393 e. The highest BCUT2D eigenvalue weighted by Crippen LogP contribution is 2.51. The first-order valence-corrected chi connectivity index (χ1v) is 9.57. The minimum absolute atomic E-state index is 0.00000873. The maximum absolute atomic E-state index is 13.4. The first kappa shape index (κ1) is 17.3. The van der Waals surface area contributed by atoms with Crippen LogP contribution in [-0.2, 0) is 4.74 Å². The standard InChI is InChI=1S/C23H22N2O3/c1-15-19(21(27)25-22-11-23(12-22,13-26)28-14-22)17-9-5-6-10-18(17)24-20(15)16-7-3-2-4-8-16/h2-10,26H,11-14H2,1H3,(H,25,27). The number of ether oxygens (including phenoxy) is 1. The van der Waals surface area contributed by atoms with E-state index in [1.807, 2.05) is 61.5 Å². The Hall–Kier alpha value is -2.76. The molecule has 0 atom stereocenters. The van der Waals surface area contributed by atoms with Crippen molar-refractivity contribution in [1.82, 2.24) is 10.3 Å². The van der Waals surface area contributed by atoms with Crippen LogP contribution in [0.1, 0.15) is 28.8 Å². The number of rotatable bonds is 4. The normalized spacial score (nSPS) is 25.5. The largest absolute Gasteiger partial charge is 0.393 e. The van der Waals surface area contributed by atoms with Crippen molar-refractivity contribution in [2.45, 2.75) is 30.9 Å². The van der Waals surface area contributed by atoms with Crippen LogP contribution >= 0.6 is 0 Å². The summed E-state index contributed by atoms with van der Waals surface area (Å²) >= 11 is 0. The molecule has 6 rings (SSSR count). The lowest BCUT2D eigenvalue weighted by atomic mass is 9.68. The third-order valence-corrected chi connectivity index (χ3v) is 6.05. The third-order valence-electron chi connectivity index (χ3n) is 6.05. The number of amides is 1. The van der Waals surface area contributed by atoms with Gasteiger partial charge in [0, 0.05) is 23.8 Å². The molecule has 1 aromatic heterocycles. The van der Waals surface area contributed by atoms with Crippen molar-refractivity contribution in [3.8, 4) is 11.3 Å². The first-order chi connectivity index (χ1) is 13.5. The van der Waals surface area contributed by atoms with E-state index in [9.17, 15) is 9.90 Å². The Kier molecular flexibility index (Phi) is 3.79. The van der Waals surface area contributed by atoms with Crippen LogP contribution in [0.3, 0.4) is 0 Å². The molecule has 5 nitrogen and oxygen atoms in total. The molecular weight excluding hydrogens is 352 g/mol. The number of nitrogens with zero attached hydrogens (tertiary/aromatic N) is 1. The van der Waals surface area contributed by atoms with E-state index < -0.39 is 5.60 Å². The Labute approximate surface area is 163 Å². The van der Waals surface area contributed by atoms with Crippen LogP contribution in [0.2, 0.25) is 0 Å². The van der Waals surface area contributed by atoms with Gasteiger partial charge < -0.3 is 15.2 Å². The summed E-state index contributed by atoms with van der Waals surface area (Å²) in [4.78, 5) is 18.2. The van der Waals surface area contributed by atoms with Gasteiger partial charge in [0.25, 0.3) is 5.91 Å². The van der Waals surface area contributed by atoms with E-state index in [-0.39, 0.29) is 18.1 Å². The van der Waals surface area contributed by atoms with Gasteiger partial charge in [0.2, 0.25) is 0 Å². The van der Waals surface area contributed by atoms with E-state index in [1.165, 1.54) is 0 Å². The van der Waals surface area contributed by atoms with Crippen molar-refractivity contribution in [2.24, 2.45) is 0 Å². The summed E-state index contributed by atoms with van der Waals surface area (Å²) in [7, 11) is 0. The monoisotopic (exact) mass is 374 g/mol. The average molecular weight is 374 g/mol. The van der Waals surface area contributed by atoms with E-state index in [1.54, 1.807) is 0 Å². The summed E-state index contributed by atoms with van der Waals surface area (Å²) in [5.41, 5.74) is 3.31. The number of pyridine rings is 1. The Morgan fingerprint density at radius 2 is 1.86 bits per heavy atom. The minimum atomic E-state index is -0.460. The molecule has 3 fully saturated rings. The highest BCUT2D eigenvalue weighted by molar-refractivity contribution is 6.09. The number of aliphatic hydroxyl groups is 1. The second-order valence-corrected chi connectivity index (χ2v) is 8.06. The molecule has 2 aliphatic heterocycles. The van der Waals surface area contributed by atoms with Crippen LogP contribution in [0.25, 0.3) is 22.2 Å². The van der Waals surface area contributed by atoms with Crippen molar-refractivity contribution < 1.29 is 14.6 Å². The topological polar surface area (TPSA) is 71.5 Å². The van der Waals surface area contributed by atoms with E-state index in [2.05, 4.69) is 5.32 Å². The molecule has 1 aliphatic carbocycles. The Bertz CT molecular complexity index is 1070. The average Bonchev–Trinajstić information content (AvgIpc) is 3.23. The SMILES string of the molecule is Cc1c(-c2ccccc2)nc2ccccc2c1C(=O)NC12COC(CO)(C1)C2. The third kappa shape index (κ3) is 2.54.